The summed E-state index contributed by atoms with van der Waals surface area (Å²) in [6.07, 6.45) is 7.73. The Hall–Kier alpha value is -4.25. The van der Waals surface area contributed by atoms with E-state index in [9.17, 15) is 0 Å². The molecule has 5 nitrogen and oxygen atoms in total. The smallest absolute Gasteiger partial charge is 0.222 e. The van der Waals surface area contributed by atoms with Crippen LogP contribution in [0.2, 0.25) is 0 Å². The summed E-state index contributed by atoms with van der Waals surface area (Å²) in [5.41, 5.74) is 8.10. The quantitative estimate of drug-likeness (QED) is 0.144. The van der Waals surface area contributed by atoms with Gasteiger partial charge in [-0.2, -0.15) is 0 Å². The summed E-state index contributed by atoms with van der Waals surface area (Å²) in [4.78, 5) is 10.9. The van der Waals surface area contributed by atoms with Crippen molar-refractivity contribution in [1.82, 2.24) is 0 Å². The van der Waals surface area contributed by atoms with E-state index in [0.29, 0.717) is 53.5 Å². The molecule has 1 aliphatic heterocycles. The van der Waals surface area contributed by atoms with Gasteiger partial charge in [-0.3, -0.25) is 0 Å². The highest BCUT2D eigenvalue weighted by atomic mass is 16.5. The normalized spacial score (nSPS) is 26.1. The fourth-order valence-electron chi connectivity index (χ4n) is 10.8. The van der Waals surface area contributed by atoms with Crippen LogP contribution in [0, 0.1) is 42.4 Å². The van der Waals surface area contributed by atoms with Crippen molar-refractivity contribution in [2.75, 3.05) is 30.0 Å². The van der Waals surface area contributed by atoms with Crippen LogP contribution in [0.1, 0.15) is 122 Å². The van der Waals surface area contributed by atoms with E-state index in [-0.39, 0.29) is 0 Å². The maximum Gasteiger partial charge on any atom is 0.222 e. The Morgan fingerprint density at radius 1 is 0.737 bits per heavy atom. The van der Waals surface area contributed by atoms with Gasteiger partial charge in [0, 0.05) is 58.8 Å². The molecule has 0 N–H and O–H groups in total. The van der Waals surface area contributed by atoms with Gasteiger partial charge in [0.25, 0.3) is 0 Å². The summed E-state index contributed by atoms with van der Waals surface area (Å²) in [7, 11) is 1.73. The highest BCUT2D eigenvalue weighted by Crippen LogP contribution is 2.52. The van der Waals surface area contributed by atoms with E-state index in [2.05, 4.69) is 163 Å². The number of ether oxygens (including phenoxy) is 2. The van der Waals surface area contributed by atoms with Gasteiger partial charge in [0.05, 0.1) is 12.8 Å². The van der Waals surface area contributed by atoms with Crippen molar-refractivity contribution in [2.45, 2.75) is 119 Å². The van der Waals surface area contributed by atoms with E-state index in [0.717, 1.165) is 46.8 Å². The van der Waals surface area contributed by atoms with Crippen LogP contribution >= 0.6 is 0 Å². The second kappa shape index (κ2) is 17.3. The number of hydrogen-bond acceptors (Lipinski definition) is 5. The minimum atomic E-state index is -0.954. The van der Waals surface area contributed by atoms with Crippen molar-refractivity contribution in [3.63, 3.8) is 0 Å². The molecule has 0 aromatic heterocycles. The predicted molar refractivity (Wildman–Crippen MR) is 241 cm³/mol. The lowest BCUT2D eigenvalue weighted by molar-refractivity contribution is 0.135. The molecule has 7 rings (SSSR count). The molecule has 7 unspecified atom stereocenters. The van der Waals surface area contributed by atoms with Crippen molar-refractivity contribution >= 4 is 23.0 Å². The van der Waals surface area contributed by atoms with Gasteiger partial charge < -0.3 is 19.3 Å². The summed E-state index contributed by atoms with van der Waals surface area (Å²) >= 11 is 0. The van der Waals surface area contributed by atoms with Crippen molar-refractivity contribution < 1.29 is 9.47 Å². The van der Waals surface area contributed by atoms with Gasteiger partial charge in [0.2, 0.25) is 5.90 Å². The Kier molecular flexibility index (Phi) is 12.4. The number of nitrogens with zero attached hydrogens (tertiary/aromatic N) is 3. The van der Waals surface area contributed by atoms with E-state index >= 15 is 0 Å². The number of anilines is 2. The first-order valence-corrected chi connectivity index (χ1v) is 22.2. The van der Waals surface area contributed by atoms with Crippen LogP contribution in [0.3, 0.4) is 0 Å². The fourth-order valence-corrected chi connectivity index (χ4v) is 10.8. The first-order chi connectivity index (χ1) is 27.5. The molecule has 1 heterocycles. The highest BCUT2D eigenvalue weighted by Gasteiger charge is 2.47. The Morgan fingerprint density at radius 3 is 1.79 bits per heavy atom. The van der Waals surface area contributed by atoms with Gasteiger partial charge in [-0.1, -0.05) is 96.8 Å². The van der Waals surface area contributed by atoms with Gasteiger partial charge in [-0.05, 0) is 136 Å². The molecule has 0 bridgehead atoms. The zero-order valence-corrected chi connectivity index (χ0v) is 36.6. The summed E-state index contributed by atoms with van der Waals surface area (Å²) in [5.74, 6) is 5.44. The number of benzene rings is 4. The molecule has 4 aromatic rings. The third kappa shape index (κ3) is 7.97. The molecule has 2 saturated carbocycles. The average molecular weight is 768 g/mol. The largest absolute Gasteiger partial charge is 0.497 e. The van der Waals surface area contributed by atoms with Crippen LogP contribution in [0.15, 0.2) is 96.0 Å². The monoisotopic (exact) mass is 768 g/mol. The standard InChI is InChI=1S/C52H69N3O2/c1-11-54(12-2)42-24-20-40(21-25-42)52(41-22-26-43(56-10)27-23-41)46-32-38(9)48(33-47(46)53-51(57-52)39-16-14-13-15-17-39)55(49-30-36(7)18-28-44(49)34(3)4)50-31-37(8)19-29-45(50)35(5)6/h13-17,20-27,32-37,44-45,49-50H,11-12,18-19,28-31H2,1-10H3. The average Bonchev–Trinajstić information content (AvgIpc) is 3.22. The topological polar surface area (TPSA) is 37.3 Å². The van der Waals surface area contributed by atoms with Crippen LogP contribution in [0.4, 0.5) is 17.1 Å². The number of aliphatic imine (C=N–C) groups is 1. The lowest BCUT2D eigenvalue weighted by Gasteiger charge is -2.53. The Balaban J connectivity index is 1.50. The van der Waals surface area contributed by atoms with Crippen molar-refractivity contribution in [1.29, 1.82) is 0 Å². The molecular weight excluding hydrogens is 699 g/mol. The van der Waals surface area contributed by atoms with E-state index in [1.54, 1.807) is 7.11 Å². The first-order valence-electron chi connectivity index (χ1n) is 22.2. The summed E-state index contributed by atoms with van der Waals surface area (Å²) < 4.78 is 13.2. The Labute approximate surface area is 344 Å². The molecule has 4 aromatic carbocycles. The molecule has 3 aliphatic rings. The fraction of sp³-hybridized carbons (Fsp3) is 0.519. The Bertz CT molecular complexity index is 1930. The van der Waals surface area contributed by atoms with Crippen LogP contribution in [0.5, 0.6) is 5.75 Å². The molecule has 57 heavy (non-hydrogen) atoms. The number of rotatable bonds is 12. The van der Waals surface area contributed by atoms with Crippen molar-refractivity contribution in [2.24, 2.45) is 40.5 Å². The minimum absolute atomic E-state index is 0.485. The van der Waals surface area contributed by atoms with Crippen LogP contribution < -0.4 is 14.5 Å². The van der Waals surface area contributed by atoms with Gasteiger partial charge in [-0.15, -0.1) is 0 Å². The third-order valence-electron chi connectivity index (χ3n) is 14.1. The summed E-state index contributed by atoms with van der Waals surface area (Å²) in [6, 6.07) is 33.9. The molecule has 0 spiro atoms. The third-order valence-corrected chi connectivity index (χ3v) is 14.1. The van der Waals surface area contributed by atoms with E-state index in [1.165, 1.54) is 55.5 Å². The van der Waals surface area contributed by atoms with E-state index < -0.39 is 5.60 Å². The maximum atomic E-state index is 7.48. The van der Waals surface area contributed by atoms with E-state index in [4.69, 9.17) is 14.5 Å². The molecule has 2 aliphatic carbocycles. The van der Waals surface area contributed by atoms with Gasteiger partial charge in [-0.25, -0.2) is 4.99 Å². The second-order valence-corrected chi connectivity index (χ2v) is 18.4. The number of fused-ring (bicyclic) bond motifs is 1. The van der Waals surface area contributed by atoms with E-state index in [1.807, 2.05) is 0 Å². The second-order valence-electron chi connectivity index (χ2n) is 18.4. The Morgan fingerprint density at radius 2 is 1.28 bits per heavy atom. The number of aryl methyl sites for hydroxylation is 1. The van der Waals surface area contributed by atoms with Crippen LogP contribution in [-0.4, -0.2) is 38.2 Å². The number of methoxy groups -OCH3 is 1. The maximum absolute atomic E-state index is 7.48. The van der Waals surface area contributed by atoms with Gasteiger partial charge in [0.15, 0.2) is 5.60 Å². The number of hydrogen-bond donors (Lipinski definition) is 0. The minimum Gasteiger partial charge on any atom is -0.497 e. The molecule has 0 amide bonds. The van der Waals surface area contributed by atoms with Crippen LogP contribution in [0.25, 0.3) is 0 Å². The zero-order valence-electron chi connectivity index (χ0n) is 36.6. The molecule has 5 heteroatoms. The molecule has 7 atom stereocenters. The van der Waals surface area contributed by atoms with Crippen molar-refractivity contribution in [3.8, 4) is 5.75 Å². The molecule has 304 valence electrons. The SMILES string of the molecule is CCN(CC)c1ccc(C2(c3ccc(OC)cc3)OC(c3ccccc3)=Nc3cc(N(C4CC(C)CCC4C(C)C)C4CC(C)CCC4C(C)C)c(C)cc32)cc1. The van der Waals surface area contributed by atoms with Gasteiger partial charge >= 0.3 is 0 Å². The lowest BCUT2D eigenvalue weighted by atomic mass is 9.69. The van der Waals surface area contributed by atoms with Crippen molar-refractivity contribution in [3.05, 3.63) is 119 Å². The summed E-state index contributed by atoms with van der Waals surface area (Å²) in [5, 5.41) is 0. The molecule has 2 fully saturated rings. The molecular formula is C52H69N3O2. The van der Waals surface area contributed by atoms with Crippen LogP contribution in [-0.2, 0) is 10.3 Å². The molecule has 0 saturated heterocycles. The zero-order chi connectivity index (χ0) is 40.4. The summed E-state index contributed by atoms with van der Waals surface area (Å²) in [6.45, 7) is 23.6. The highest BCUT2D eigenvalue weighted by molar-refractivity contribution is 5.98. The first kappa shape index (κ1) is 40.9. The predicted octanol–water partition coefficient (Wildman–Crippen LogP) is 13.0. The van der Waals surface area contributed by atoms with Gasteiger partial charge in [0.1, 0.15) is 5.75 Å². The lowest BCUT2D eigenvalue weighted by Crippen LogP contribution is -2.55. The molecule has 0 radical (unpaired) electrons.